The van der Waals surface area contributed by atoms with Gasteiger partial charge in [-0.15, -0.1) is 11.6 Å². The average Bonchev–Trinajstić information content (AvgIpc) is 2.46. The summed E-state index contributed by atoms with van der Waals surface area (Å²) in [5, 5.41) is 0.815. The molecule has 2 nitrogen and oxygen atoms in total. The van der Waals surface area contributed by atoms with Gasteiger partial charge in [-0.05, 0) is 25.0 Å². The minimum absolute atomic E-state index is 0.515. The molecule has 1 aromatic rings. The van der Waals surface area contributed by atoms with Crippen LogP contribution >= 0.6 is 23.2 Å². The fourth-order valence-corrected chi connectivity index (χ4v) is 3.20. The molecule has 1 unspecified atom stereocenters. The summed E-state index contributed by atoms with van der Waals surface area (Å²) in [6.45, 7) is 8.80. The number of benzene rings is 1. The van der Waals surface area contributed by atoms with Crippen molar-refractivity contribution >= 4 is 28.9 Å². The zero-order valence-electron chi connectivity index (χ0n) is 11.7. The zero-order chi connectivity index (χ0) is 13.8. The van der Waals surface area contributed by atoms with E-state index in [0.717, 1.165) is 42.5 Å². The lowest BCUT2D eigenvalue weighted by molar-refractivity contribution is 0.193. The third kappa shape index (κ3) is 3.36. The second-order valence-corrected chi connectivity index (χ2v) is 5.84. The Morgan fingerprint density at radius 2 is 1.89 bits per heavy atom. The Kier molecular flexibility index (Phi) is 5.37. The number of halogens is 2. The molecule has 0 bridgehead atoms. The van der Waals surface area contributed by atoms with E-state index in [0.29, 0.717) is 11.9 Å². The SMILES string of the molecule is CCC(C)N1CCN(c2c(Cl)cccc2CCl)CC1. The number of rotatable bonds is 4. The smallest absolute Gasteiger partial charge is 0.0642 e. The van der Waals surface area contributed by atoms with Crippen molar-refractivity contribution in [2.45, 2.75) is 32.2 Å². The standard InChI is InChI=1S/C15H22Cl2N2/c1-3-12(2)18-7-9-19(10-8-18)15-13(11-16)5-4-6-14(15)17/h4-6,12H,3,7-11H2,1-2H3. The third-order valence-corrected chi connectivity index (χ3v) is 4.65. The van der Waals surface area contributed by atoms with Crippen LogP contribution in [0.3, 0.4) is 0 Å². The number of hydrogen-bond donors (Lipinski definition) is 0. The molecule has 1 aliphatic rings. The number of anilines is 1. The van der Waals surface area contributed by atoms with E-state index in [2.05, 4.69) is 29.7 Å². The highest BCUT2D eigenvalue weighted by atomic mass is 35.5. The Labute approximate surface area is 126 Å². The van der Waals surface area contributed by atoms with Gasteiger partial charge < -0.3 is 4.90 Å². The van der Waals surface area contributed by atoms with Crippen molar-refractivity contribution in [3.05, 3.63) is 28.8 Å². The number of nitrogens with zero attached hydrogens (tertiary/aromatic N) is 2. The summed E-state index contributed by atoms with van der Waals surface area (Å²) in [6, 6.07) is 6.66. The van der Waals surface area contributed by atoms with Gasteiger partial charge in [-0.3, -0.25) is 4.90 Å². The normalized spacial score (nSPS) is 18.6. The molecule has 0 radical (unpaired) electrons. The van der Waals surface area contributed by atoms with Gasteiger partial charge in [0.25, 0.3) is 0 Å². The van der Waals surface area contributed by atoms with E-state index >= 15 is 0 Å². The van der Waals surface area contributed by atoms with E-state index in [1.807, 2.05) is 12.1 Å². The van der Waals surface area contributed by atoms with Crippen LogP contribution < -0.4 is 4.90 Å². The number of hydrogen-bond acceptors (Lipinski definition) is 2. The Bertz CT molecular complexity index is 415. The fourth-order valence-electron chi connectivity index (χ4n) is 2.67. The molecule has 0 aliphatic carbocycles. The predicted octanol–water partition coefficient (Wildman–Crippen LogP) is 4.00. The van der Waals surface area contributed by atoms with E-state index < -0.39 is 0 Å². The van der Waals surface area contributed by atoms with Crippen LogP contribution in [0.25, 0.3) is 0 Å². The summed E-state index contributed by atoms with van der Waals surface area (Å²) in [5.74, 6) is 0.515. The largest absolute Gasteiger partial charge is 0.368 e. The van der Waals surface area contributed by atoms with E-state index in [1.54, 1.807) is 0 Å². The molecule has 1 atom stereocenters. The van der Waals surface area contributed by atoms with E-state index in [4.69, 9.17) is 23.2 Å². The first-order chi connectivity index (χ1) is 9.17. The maximum absolute atomic E-state index is 6.35. The van der Waals surface area contributed by atoms with Crippen molar-refractivity contribution in [2.75, 3.05) is 31.1 Å². The minimum atomic E-state index is 0.515. The first kappa shape index (κ1) is 15.0. The molecule has 1 fully saturated rings. The highest BCUT2D eigenvalue weighted by molar-refractivity contribution is 6.33. The first-order valence-corrected chi connectivity index (χ1v) is 7.91. The highest BCUT2D eigenvalue weighted by Gasteiger charge is 2.22. The van der Waals surface area contributed by atoms with Crippen molar-refractivity contribution < 1.29 is 0 Å². The van der Waals surface area contributed by atoms with Crippen LogP contribution in [0, 0.1) is 0 Å². The van der Waals surface area contributed by atoms with E-state index in [9.17, 15) is 0 Å². The molecule has 1 aromatic carbocycles. The lowest BCUT2D eigenvalue weighted by Gasteiger charge is -2.39. The summed E-state index contributed by atoms with van der Waals surface area (Å²) in [7, 11) is 0. The van der Waals surface area contributed by atoms with Crippen LogP contribution in [0.2, 0.25) is 5.02 Å². The second-order valence-electron chi connectivity index (χ2n) is 5.16. The molecule has 0 spiro atoms. The first-order valence-electron chi connectivity index (χ1n) is 6.99. The molecule has 1 aliphatic heterocycles. The summed E-state index contributed by atoms with van der Waals surface area (Å²) in [5.41, 5.74) is 2.26. The van der Waals surface area contributed by atoms with Gasteiger partial charge in [0.15, 0.2) is 0 Å². The Morgan fingerprint density at radius 3 is 2.47 bits per heavy atom. The maximum atomic E-state index is 6.35. The van der Waals surface area contributed by atoms with Crippen LogP contribution in [0.5, 0.6) is 0 Å². The lowest BCUT2D eigenvalue weighted by atomic mass is 10.1. The summed E-state index contributed by atoms with van der Waals surface area (Å²) >= 11 is 12.4. The van der Waals surface area contributed by atoms with Gasteiger partial charge in [-0.25, -0.2) is 0 Å². The molecule has 0 amide bonds. The predicted molar refractivity (Wildman–Crippen MR) is 84.5 cm³/mol. The van der Waals surface area contributed by atoms with Gasteiger partial charge in [0, 0.05) is 38.1 Å². The molecule has 0 N–H and O–H groups in total. The molecule has 2 rings (SSSR count). The topological polar surface area (TPSA) is 6.48 Å². The van der Waals surface area contributed by atoms with Crippen LogP contribution in [-0.4, -0.2) is 37.1 Å². The van der Waals surface area contributed by atoms with Crippen molar-refractivity contribution in [1.29, 1.82) is 0 Å². The molecule has 0 aromatic heterocycles. The Morgan fingerprint density at radius 1 is 1.21 bits per heavy atom. The minimum Gasteiger partial charge on any atom is -0.368 e. The molecule has 0 saturated carbocycles. The molecule has 1 saturated heterocycles. The lowest BCUT2D eigenvalue weighted by Crippen LogP contribution is -2.49. The number of alkyl halides is 1. The van der Waals surface area contributed by atoms with Crippen LogP contribution in [0.15, 0.2) is 18.2 Å². The molecular weight excluding hydrogens is 279 g/mol. The third-order valence-electron chi connectivity index (χ3n) is 4.06. The zero-order valence-corrected chi connectivity index (χ0v) is 13.2. The van der Waals surface area contributed by atoms with Crippen molar-refractivity contribution in [3.63, 3.8) is 0 Å². The molecular formula is C15H22Cl2N2. The quantitative estimate of drug-likeness (QED) is 0.776. The molecule has 4 heteroatoms. The molecule has 106 valence electrons. The van der Waals surface area contributed by atoms with Gasteiger partial charge in [0.05, 0.1) is 10.7 Å². The number of para-hydroxylation sites is 1. The van der Waals surface area contributed by atoms with Crippen molar-refractivity contribution in [1.82, 2.24) is 4.90 Å². The maximum Gasteiger partial charge on any atom is 0.0642 e. The average molecular weight is 301 g/mol. The highest BCUT2D eigenvalue weighted by Crippen LogP contribution is 2.31. The van der Waals surface area contributed by atoms with Gasteiger partial charge in [0.1, 0.15) is 0 Å². The van der Waals surface area contributed by atoms with Crippen LogP contribution in [0.4, 0.5) is 5.69 Å². The second kappa shape index (κ2) is 6.83. The summed E-state index contributed by atoms with van der Waals surface area (Å²) in [6.07, 6.45) is 1.21. The summed E-state index contributed by atoms with van der Waals surface area (Å²) in [4.78, 5) is 4.92. The monoisotopic (exact) mass is 300 g/mol. The van der Waals surface area contributed by atoms with Gasteiger partial charge in [-0.2, -0.15) is 0 Å². The van der Waals surface area contributed by atoms with Gasteiger partial charge in [-0.1, -0.05) is 30.7 Å². The van der Waals surface area contributed by atoms with Gasteiger partial charge in [0.2, 0.25) is 0 Å². The molecule has 19 heavy (non-hydrogen) atoms. The Balaban J connectivity index is 2.09. The van der Waals surface area contributed by atoms with Crippen LogP contribution in [0.1, 0.15) is 25.8 Å². The van der Waals surface area contributed by atoms with Crippen LogP contribution in [-0.2, 0) is 5.88 Å². The van der Waals surface area contributed by atoms with Crippen molar-refractivity contribution in [2.24, 2.45) is 0 Å². The molecule has 1 heterocycles. The number of piperazine rings is 1. The Hall–Kier alpha value is -0.440. The fraction of sp³-hybridized carbons (Fsp3) is 0.600. The summed E-state index contributed by atoms with van der Waals surface area (Å²) < 4.78 is 0. The van der Waals surface area contributed by atoms with Crippen molar-refractivity contribution in [3.8, 4) is 0 Å². The van der Waals surface area contributed by atoms with Gasteiger partial charge >= 0.3 is 0 Å². The van der Waals surface area contributed by atoms with E-state index in [1.165, 1.54) is 6.42 Å². The van der Waals surface area contributed by atoms with E-state index in [-0.39, 0.29) is 0 Å².